The van der Waals surface area contributed by atoms with Gasteiger partial charge in [0.05, 0.1) is 5.75 Å². The number of hydrogen-bond donors (Lipinski definition) is 2. The second-order valence-electron chi connectivity index (χ2n) is 10.6. The smallest absolute Gasteiger partial charge is 0.287 e. The van der Waals surface area contributed by atoms with Crippen LogP contribution in [0, 0.1) is 29.4 Å². The highest BCUT2D eigenvalue weighted by molar-refractivity contribution is 7.91. The second-order valence-corrected chi connectivity index (χ2v) is 15.3. The largest absolute Gasteiger partial charge is 0.511 e. The number of thiophene rings is 1. The van der Waals surface area contributed by atoms with Gasteiger partial charge in [-0.3, -0.25) is 4.79 Å². The number of sulfone groups is 1. The van der Waals surface area contributed by atoms with Crippen molar-refractivity contribution in [2.24, 2.45) is 22.2 Å². The highest BCUT2D eigenvalue weighted by atomic mass is 32.2. The van der Waals surface area contributed by atoms with E-state index in [9.17, 15) is 35.5 Å². The van der Waals surface area contributed by atoms with Gasteiger partial charge in [0.2, 0.25) is 0 Å². The van der Waals surface area contributed by atoms with E-state index < -0.39 is 49.4 Å². The van der Waals surface area contributed by atoms with Gasteiger partial charge in [-0.2, -0.15) is 8.42 Å². The predicted molar refractivity (Wildman–Crippen MR) is 141 cm³/mol. The number of carbonyl (C=O) groups is 1. The Kier molecular flexibility index (Phi) is 6.15. The Hall–Kier alpha value is -2.84. The second kappa shape index (κ2) is 9.10. The van der Waals surface area contributed by atoms with Crippen LogP contribution in [0.25, 0.3) is 0 Å². The third kappa shape index (κ3) is 4.45. The molecule has 39 heavy (non-hydrogen) atoms. The Morgan fingerprint density at radius 3 is 2.67 bits per heavy atom. The molecule has 2 N–H and O–H groups in total. The van der Waals surface area contributed by atoms with E-state index >= 15 is 0 Å². The Balaban J connectivity index is 1.40. The molecule has 2 aromatic rings. The number of fused-ring (bicyclic) bond motifs is 6. The van der Waals surface area contributed by atoms with Crippen LogP contribution < -0.4 is 5.32 Å². The number of aliphatic hydroxyl groups excluding tert-OH is 1. The predicted octanol–water partition coefficient (Wildman–Crippen LogP) is 3.40. The van der Waals surface area contributed by atoms with Crippen molar-refractivity contribution in [3.63, 3.8) is 0 Å². The molecule has 4 atom stereocenters. The maximum atomic E-state index is 14.6. The molecule has 1 amide bonds. The van der Waals surface area contributed by atoms with E-state index in [4.69, 9.17) is 0 Å². The average molecular weight is 598 g/mol. The van der Waals surface area contributed by atoms with E-state index in [1.54, 1.807) is 0 Å². The lowest BCUT2D eigenvalue weighted by molar-refractivity contribution is -0.134. The van der Waals surface area contributed by atoms with Crippen LogP contribution in [0.1, 0.15) is 30.4 Å². The molecule has 2 aliphatic heterocycles. The van der Waals surface area contributed by atoms with Gasteiger partial charge in [0.15, 0.2) is 5.84 Å². The summed E-state index contributed by atoms with van der Waals surface area (Å²) in [6.07, 6.45) is 3.51. The fourth-order valence-corrected chi connectivity index (χ4v) is 9.77. The summed E-state index contributed by atoms with van der Waals surface area (Å²) in [5.41, 5.74) is 0.117. The van der Waals surface area contributed by atoms with Crippen molar-refractivity contribution < 1.29 is 35.5 Å². The van der Waals surface area contributed by atoms with Gasteiger partial charge in [0.1, 0.15) is 42.7 Å². The zero-order chi connectivity index (χ0) is 27.9. The first-order chi connectivity index (χ1) is 18.3. The molecule has 2 fully saturated rings. The quantitative estimate of drug-likeness (QED) is 0.522. The molecule has 6 rings (SSSR count). The van der Waals surface area contributed by atoms with Crippen molar-refractivity contribution in [1.29, 1.82) is 0 Å². The summed E-state index contributed by atoms with van der Waals surface area (Å²) in [5.74, 6) is -3.32. The van der Waals surface area contributed by atoms with Crippen molar-refractivity contribution in [3.8, 4) is 0 Å². The number of aliphatic hydroxyl groups is 1. The van der Waals surface area contributed by atoms with E-state index in [-0.39, 0.29) is 63.2 Å². The zero-order valence-corrected chi connectivity index (χ0v) is 23.2. The number of rotatable bonds is 6. The minimum absolute atomic E-state index is 0.0207. The van der Waals surface area contributed by atoms with Crippen LogP contribution >= 0.6 is 11.3 Å². The maximum absolute atomic E-state index is 14.6. The van der Waals surface area contributed by atoms with E-state index in [0.717, 1.165) is 49.0 Å². The van der Waals surface area contributed by atoms with Crippen LogP contribution in [0.5, 0.6) is 0 Å². The lowest BCUT2D eigenvalue weighted by Gasteiger charge is -2.44. The molecule has 208 valence electrons. The van der Waals surface area contributed by atoms with Gasteiger partial charge in [-0.1, -0.05) is 6.07 Å². The Morgan fingerprint density at radius 1 is 1.21 bits per heavy atom. The van der Waals surface area contributed by atoms with E-state index in [0.29, 0.717) is 5.56 Å². The van der Waals surface area contributed by atoms with Gasteiger partial charge in [0.25, 0.3) is 15.9 Å². The molecule has 0 saturated heterocycles. The van der Waals surface area contributed by atoms with Crippen LogP contribution in [0.15, 0.2) is 44.2 Å². The molecule has 1 aromatic carbocycles. The Bertz CT molecular complexity index is 1680. The minimum atomic E-state index is -4.34. The number of sulfonamides is 1. The molecule has 1 aromatic heterocycles. The van der Waals surface area contributed by atoms with Gasteiger partial charge in [0, 0.05) is 36.4 Å². The van der Waals surface area contributed by atoms with Crippen molar-refractivity contribution in [3.05, 3.63) is 57.7 Å². The fourth-order valence-electron chi connectivity index (χ4n) is 6.51. The van der Waals surface area contributed by atoms with E-state index in [2.05, 4.69) is 9.71 Å². The number of hydrogen-bond acceptors (Lipinski definition) is 8. The number of carbonyl (C=O) groups excluding carboxylic acids is 1. The van der Waals surface area contributed by atoms with Gasteiger partial charge >= 0.3 is 0 Å². The number of benzene rings is 1. The SMILES string of the molecule is CS(=O)(=O)CCc1csc2c1S(=O)(=O)N=C(C1=C(O)C3C4CCC(C4)C3N(Cc3ccc(F)cc3F)C1=O)N2. The number of nitrogens with zero attached hydrogens (tertiary/aromatic N) is 2. The molecule has 2 saturated carbocycles. The number of anilines is 1. The monoisotopic (exact) mass is 597 g/mol. The first-order valence-corrected chi connectivity index (χ1v) is 16.8. The van der Waals surface area contributed by atoms with Crippen molar-refractivity contribution in [2.45, 2.75) is 43.2 Å². The van der Waals surface area contributed by atoms with Crippen LogP contribution in [0.3, 0.4) is 0 Å². The molecule has 14 heteroatoms. The molecule has 4 aliphatic rings. The van der Waals surface area contributed by atoms with Crippen molar-refractivity contribution in [2.75, 3.05) is 17.3 Å². The molecule has 0 radical (unpaired) electrons. The normalized spacial score (nSPS) is 27.3. The first kappa shape index (κ1) is 26.4. The molecule has 4 unspecified atom stereocenters. The fraction of sp³-hybridized carbons (Fsp3) is 0.440. The number of aryl methyl sites for hydroxylation is 1. The zero-order valence-electron chi connectivity index (χ0n) is 20.7. The van der Waals surface area contributed by atoms with Crippen molar-refractivity contribution >= 4 is 47.9 Å². The topological polar surface area (TPSA) is 133 Å². The number of nitrogens with one attached hydrogen (secondary N) is 1. The van der Waals surface area contributed by atoms with Crippen LogP contribution in [0.2, 0.25) is 0 Å². The summed E-state index contributed by atoms with van der Waals surface area (Å²) in [6.45, 7) is -0.175. The summed E-state index contributed by atoms with van der Waals surface area (Å²) in [7, 11) is -7.68. The standard InChI is InChI=1S/C25H25F2N3O6S3/c1-38(33,34)7-6-15-11-37-24-22(15)39(35,36)29-23(28-24)19-21(31)18-12-2-3-13(8-12)20(18)30(25(19)32)10-14-4-5-16(26)9-17(14)27/h4-5,9,11-13,18,20,31H,2-3,6-8,10H2,1H3,(H,28,29). The summed E-state index contributed by atoms with van der Waals surface area (Å²) in [5, 5.41) is 16.0. The molecule has 2 aliphatic carbocycles. The number of halogens is 2. The van der Waals surface area contributed by atoms with E-state index in [1.165, 1.54) is 16.3 Å². The van der Waals surface area contributed by atoms with Gasteiger partial charge < -0.3 is 15.3 Å². The minimum Gasteiger partial charge on any atom is -0.511 e. The average Bonchev–Trinajstić information content (AvgIpc) is 3.56. The first-order valence-electron chi connectivity index (χ1n) is 12.4. The van der Waals surface area contributed by atoms with Crippen LogP contribution in [-0.4, -0.2) is 56.6 Å². The summed E-state index contributed by atoms with van der Waals surface area (Å²) in [4.78, 5) is 15.2. The van der Waals surface area contributed by atoms with E-state index in [1.807, 2.05) is 0 Å². The van der Waals surface area contributed by atoms with Crippen molar-refractivity contribution in [1.82, 2.24) is 4.90 Å². The van der Waals surface area contributed by atoms with Crippen LogP contribution in [-0.2, 0) is 37.6 Å². The summed E-state index contributed by atoms with van der Waals surface area (Å²) in [6, 6.07) is 2.73. The lowest BCUT2D eigenvalue weighted by Crippen LogP contribution is -2.53. The maximum Gasteiger partial charge on any atom is 0.287 e. The number of amides is 1. The highest BCUT2D eigenvalue weighted by Gasteiger charge is 2.57. The molecular formula is C25H25F2N3O6S3. The molecular weight excluding hydrogens is 572 g/mol. The summed E-state index contributed by atoms with van der Waals surface area (Å²) < 4.78 is 81.8. The highest BCUT2D eigenvalue weighted by Crippen LogP contribution is 2.55. The number of amidine groups is 1. The molecule has 2 bridgehead atoms. The van der Waals surface area contributed by atoms with Crippen LogP contribution in [0.4, 0.5) is 13.8 Å². The molecule has 0 spiro atoms. The third-order valence-electron chi connectivity index (χ3n) is 8.13. The molecule has 3 heterocycles. The van der Waals surface area contributed by atoms with Gasteiger partial charge in [-0.25, -0.2) is 17.2 Å². The lowest BCUT2D eigenvalue weighted by atomic mass is 9.77. The Labute approximate surface area is 228 Å². The summed E-state index contributed by atoms with van der Waals surface area (Å²) >= 11 is 1.03. The van der Waals surface area contributed by atoms with Gasteiger partial charge in [-0.15, -0.1) is 15.7 Å². The van der Waals surface area contributed by atoms with Gasteiger partial charge in [-0.05, 0) is 54.5 Å². The molecule has 9 nitrogen and oxygen atoms in total. The third-order valence-corrected chi connectivity index (χ3v) is 11.6. The Morgan fingerprint density at radius 2 is 1.95 bits per heavy atom.